The minimum atomic E-state index is 0. The first kappa shape index (κ1) is 12.8. The van der Waals surface area contributed by atoms with Gasteiger partial charge in [0.25, 0.3) is 0 Å². The van der Waals surface area contributed by atoms with Crippen LogP contribution in [0.2, 0.25) is 0 Å². The van der Waals surface area contributed by atoms with Crippen LogP contribution >= 0.6 is 24.8 Å². The molecule has 0 heterocycles. The fraction of sp³-hybridized carbons (Fsp3) is 0.800. The van der Waals surface area contributed by atoms with Crippen LogP contribution < -0.4 is 0 Å². The van der Waals surface area contributed by atoms with Crippen LogP contribution in [0.1, 0.15) is 13.8 Å². The number of rotatable bonds is 2. The average molecular weight is 267 g/mol. The summed E-state index contributed by atoms with van der Waals surface area (Å²) < 4.78 is 0.690. The van der Waals surface area contributed by atoms with Crippen LogP contribution in [0.4, 0.5) is 0 Å². The molecule has 0 saturated carbocycles. The molecular formula is C5H14InNS2. The van der Waals surface area contributed by atoms with Gasteiger partial charge in [-0.25, -0.2) is 0 Å². The molecule has 0 rings (SSSR count). The van der Waals surface area contributed by atoms with Gasteiger partial charge in [-0.1, -0.05) is 12.2 Å². The van der Waals surface area contributed by atoms with Gasteiger partial charge in [0.1, 0.15) is 4.32 Å². The van der Waals surface area contributed by atoms with E-state index >= 15 is 0 Å². The Balaban J connectivity index is 0. The normalized spacial score (nSPS) is 7.89. The third-order valence-corrected chi connectivity index (χ3v) is 1.58. The molecule has 0 aromatic heterocycles. The molecule has 0 aromatic rings. The average Bonchev–Trinajstić information content (AvgIpc) is 1.69. The van der Waals surface area contributed by atoms with E-state index in [0.29, 0.717) is 4.32 Å². The van der Waals surface area contributed by atoms with Crippen molar-refractivity contribution in [2.75, 3.05) is 13.1 Å². The quantitative estimate of drug-likeness (QED) is 0.568. The first-order valence-corrected chi connectivity index (χ1v) is 3.55. The van der Waals surface area contributed by atoms with E-state index in [-0.39, 0.29) is 25.8 Å². The van der Waals surface area contributed by atoms with E-state index in [2.05, 4.69) is 26.5 Å². The summed E-state index contributed by atoms with van der Waals surface area (Å²) in [6.45, 7) is 6.04. The molecule has 0 aliphatic carbocycles. The van der Waals surface area contributed by atoms with E-state index in [9.17, 15) is 0 Å². The van der Waals surface area contributed by atoms with E-state index in [1.807, 2.05) is 4.90 Å². The molecule has 0 bridgehead atoms. The molecule has 0 unspecified atom stereocenters. The van der Waals surface area contributed by atoms with Gasteiger partial charge in [-0.3, -0.25) is 0 Å². The summed E-state index contributed by atoms with van der Waals surface area (Å²) in [5, 5.41) is 0. The van der Waals surface area contributed by atoms with E-state index < -0.39 is 0 Å². The summed E-state index contributed by atoms with van der Waals surface area (Å²) in [4.78, 5) is 2.01. The van der Waals surface area contributed by atoms with Crippen LogP contribution in [0.5, 0.6) is 0 Å². The van der Waals surface area contributed by atoms with Gasteiger partial charge in [0.05, 0.1) is 0 Å². The monoisotopic (exact) mass is 267 g/mol. The topological polar surface area (TPSA) is 3.24 Å². The van der Waals surface area contributed by atoms with E-state index in [0.717, 1.165) is 13.1 Å². The number of nitrogens with zero attached hydrogens (tertiary/aromatic N) is 1. The Morgan fingerprint density at radius 1 is 1.44 bits per heavy atom. The van der Waals surface area contributed by atoms with Crippen molar-refractivity contribution in [1.29, 1.82) is 0 Å². The van der Waals surface area contributed by atoms with Gasteiger partial charge in [-0.15, -0.1) is 12.6 Å². The Kier molecular flexibility index (Phi) is 10.2. The van der Waals surface area contributed by atoms with Gasteiger partial charge < -0.3 is 4.90 Å². The predicted molar refractivity (Wildman–Crippen MR) is 54.4 cm³/mol. The van der Waals surface area contributed by atoms with Crippen LogP contribution in [-0.4, -0.2) is 48.2 Å². The minimum absolute atomic E-state index is 0. The third kappa shape index (κ3) is 5.55. The van der Waals surface area contributed by atoms with Crippen molar-refractivity contribution in [3.8, 4) is 0 Å². The molecular weight excluding hydrogens is 253 g/mol. The molecule has 0 radical (unpaired) electrons. The first-order chi connectivity index (χ1) is 3.72. The van der Waals surface area contributed by atoms with Crippen molar-refractivity contribution in [3.05, 3.63) is 0 Å². The number of hydrogen-bond acceptors (Lipinski definition) is 1. The Bertz CT molecular complexity index is 83.0. The van der Waals surface area contributed by atoms with Crippen molar-refractivity contribution in [1.82, 2.24) is 4.90 Å². The van der Waals surface area contributed by atoms with Gasteiger partial charge in [0.15, 0.2) is 0 Å². The van der Waals surface area contributed by atoms with Crippen molar-refractivity contribution < 1.29 is 0 Å². The molecule has 1 nitrogen and oxygen atoms in total. The first-order valence-electron chi connectivity index (χ1n) is 2.70. The fourth-order valence-electron chi connectivity index (χ4n) is 0.494. The Hall–Kier alpha value is 1.11. The molecule has 54 valence electrons. The van der Waals surface area contributed by atoms with Gasteiger partial charge >= 0.3 is 25.8 Å². The summed E-state index contributed by atoms with van der Waals surface area (Å²) >= 11 is 8.82. The van der Waals surface area contributed by atoms with Gasteiger partial charge in [-0.2, -0.15) is 0 Å². The van der Waals surface area contributed by atoms with Gasteiger partial charge in [-0.05, 0) is 13.8 Å². The van der Waals surface area contributed by atoms with Crippen molar-refractivity contribution in [3.63, 3.8) is 0 Å². The molecule has 0 amide bonds. The Morgan fingerprint density at radius 2 is 1.78 bits per heavy atom. The summed E-state index contributed by atoms with van der Waals surface area (Å²) in [6, 6.07) is 0. The Morgan fingerprint density at radius 3 is 1.78 bits per heavy atom. The van der Waals surface area contributed by atoms with Crippen LogP contribution in [0.15, 0.2) is 0 Å². The number of thiol groups is 1. The summed E-state index contributed by atoms with van der Waals surface area (Å²) in [5.74, 6) is 0. The van der Waals surface area contributed by atoms with E-state index in [4.69, 9.17) is 12.2 Å². The second-order valence-electron chi connectivity index (χ2n) is 1.45. The van der Waals surface area contributed by atoms with E-state index in [1.54, 1.807) is 0 Å². The SMILES string of the molecule is CCN(CC)C(=S)S.[InH3]. The fourth-order valence-corrected chi connectivity index (χ4v) is 1.04. The zero-order valence-electron chi connectivity index (χ0n) is 5.22. The van der Waals surface area contributed by atoms with Crippen molar-refractivity contribution >= 4 is 55.0 Å². The standard InChI is InChI=1S/C5H11NS2.In.3H/c1-3-6(4-2)5(7)8;;;;/h3-4H2,1-2H3,(H,7,8);;;;. The second kappa shape index (κ2) is 7.22. The molecule has 0 aliphatic heterocycles. The second-order valence-corrected chi connectivity index (χ2v) is 2.57. The van der Waals surface area contributed by atoms with Crippen molar-refractivity contribution in [2.45, 2.75) is 13.8 Å². The maximum absolute atomic E-state index is 4.81. The zero-order valence-corrected chi connectivity index (χ0v) is 6.93. The molecule has 0 N–H and O–H groups in total. The van der Waals surface area contributed by atoms with Crippen LogP contribution in [0.3, 0.4) is 0 Å². The maximum atomic E-state index is 4.81. The van der Waals surface area contributed by atoms with Crippen LogP contribution in [0.25, 0.3) is 0 Å². The summed E-state index contributed by atoms with van der Waals surface area (Å²) in [5.41, 5.74) is 0. The molecule has 0 fully saturated rings. The van der Waals surface area contributed by atoms with E-state index in [1.165, 1.54) is 0 Å². The molecule has 0 saturated heterocycles. The molecule has 9 heavy (non-hydrogen) atoms. The molecule has 0 aromatic carbocycles. The van der Waals surface area contributed by atoms with Crippen LogP contribution in [-0.2, 0) is 0 Å². The summed E-state index contributed by atoms with van der Waals surface area (Å²) in [7, 11) is 0. The van der Waals surface area contributed by atoms with Crippen LogP contribution in [0, 0.1) is 0 Å². The molecule has 0 atom stereocenters. The van der Waals surface area contributed by atoms with Crippen molar-refractivity contribution in [2.24, 2.45) is 0 Å². The zero-order chi connectivity index (χ0) is 6.57. The third-order valence-electron chi connectivity index (χ3n) is 1.03. The molecule has 0 aliphatic rings. The number of hydrogen-bond donors (Lipinski definition) is 1. The summed E-state index contributed by atoms with van der Waals surface area (Å²) in [6.07, 6.45) is 0. The Labute approximate surface area is 86.4 Å². The molecule has 0 spiro atoms. The van der Waals surface area contributed by atoms with Gasteiger partial charge in [0, 0.05) is 13.1 Å². The molecule has 4 heteroatoms. The number of thiocarbonyl (C=S) groups is 1. The van der Waals surface area contributed by atoms with Gasteiger partial charge in [0.2, 0.25) is 0 Å². The predicted octanol–water partition coefficient (Wildman–Crippen LogP) is 0.359.